The standard InChI is InChI=1S/C25H31N3O4/c29-18-23-22(26-25(31)19-7-3-1-4-8-19)12-11-21(32-23)17-24(30)28-15-13-27(14-16-28)20-9-5-2-6-10-20/h1-10,21-23,29H,11-18H2,(H,26,31)/t21-,22-,23-/m1/s1. The molecule has 3 atom stereocenters. The molecule has 2 aliphatic heterocycles. The van der Waals surface area contributed by atoms with E-state index in [1.807, 2.05) is 41.3 Å². The summed E-state index contributed by atoms with van der Waals surface area (Å²) in [5, 5.41) is 12.8. The van der Waals surface area contributed by atoms with Crippen LogP contribution in [0.1, 0.15) is 29.6 Å². The maximum atomic E-state index is 12.8. The van der Waals surface area contributed by atoms with Gasteiger partial charge < -0.3 is 25.0 Å². The first-order chi connectivity index (χ1) is 15.6. The fourth-order valence-electron chi connectivity index (χ4n) is 4.46. The number of hydrogen-bond acceptors (Lipinski definition) is 5. The Morgan fingerprint density at radius 1 is 0.938 bits per heavy atom. The number of piperazine rings is 1. The van der Waals surface area contributed by atoms with Crippen LogP contribution in [0.4, 0.5) is 5.69 Å². The first kappa shape index (κ1) is 22.3. The molecule has 0 aliphatic carbocycles. The van der Waals surface area contributed by atoms with Crippen molar-refractivity contribution < 1.29 is 19.4 Å². The number of rotatable bonds is 6. The van der Waals surface area contributed by atoms with E-state index in [1.165, 1.54) is 5.69 Å². The van der Waals surface area contributed by atoms with Crippen molar-refractivity contribution in [2.75, 3.05) is 37.7 Å². The normalized spacial score (nSPS) is 23.6. The molecule has 2 N–H and O–H groups in total. The summed E-state index contributed by atoms with van der Waals surface area (Å²) in [6.45, 7) is 2.82. The highest BCUT2D eigenvalue weighted by atomic mass is 16.5. The molecular formula is C25H31N3O4. The molecule has 2 aromatic rings. The fraction of sp³-hybridized carbons (Fsp3) is 0.440. The predicted octanol–water partition coefficient (Wildman–Crippen LogP) is 2.06. The second kappa shape index (κ2) is 10.6. The number of nitrogens with one attached hydrogen (secondary N) is 1. The third-order valence-corrected chi connectivity index (χ3v) is 6.30. The van der Waals surface area contributed by atoms with Gasteiger partial charge >= 0.3 is 0 Å². The number of carbonyl (C=O) groups excluding carboxylic acids is 2. The molecule has 2 amide bonds. The van der Waals surface area contributed by atoms with Crippen LogP contribution in [0.25, 0.3) is 0 Å². The SMILES string of the molecule is O=C(N[C@@H]1CC[C@H](CC(=O)N2CCN(c3ccccc3)CC2)O[C@@H]1CO)c1ccccc1. The Hall–Kier alpha value is -2.90. The van der Waals surface area contributed by atoms with Crippen LogP contribution >= 0.6 is 0 Å². The molecule has 0 spiro atoms. The van der Waals surface area contributed by atoms with Crippen molar-refractivity contribution in [3.05, 3.63) is 66.2 Å². The third-order valence-electron chi connectivity index (χ3n) is 6.30. The monoisotopic (exact) mass is 437 g/mol. The Bertz CT molecular complexity index is 885. The maximum absolute atomic E-state index is 12.8. The van der Waals surface area contributed by atoms with Gasteiger partial charge in [-0.2, -0.15) is 0 Å². The minimum atomic E-state index is -0.510. The number of carbonyl (C=O) groups is 2. The molecule has 2 fully saturated rings. The van der Waals surface area contributed by atoms with Crippen molar-refractivity contribution in [1.82, 2.24) is 10.2 Å². The number of ether oxygens (including phenoxy) is 1. The van der Waals surface area contributed by atoms with Crippen molar-refractivity contribution in [2.24, 2.45) is 0 Å². The van der Waals surface area contributed by atoms with Gasteiger partial charge in [-0.25, -0.2) is 0 Å². The quantitative estimate of drug-likeness (QED) is 0.723. The van der Waals surface area contributed by atoms with Gasteiger partial charge in [-0.15, -0.1) is 0 Å². The van der Waals surface area contributed by atoms with Gasteiger partial charge in [0.25, 0.3) is 5.91 Å². The highest BCUT2D eigenvalue weighted by molar-refractivity contribution is 5.94. The summed E-state index contributed by atoms with van der Waals surface area (Å²) >= 11 is 0. The minimum absolute atomic E-state index is 0.0890. The van der Waals surface area contributed by atoms with E-state index in [-0.39, 0.29) is 30.6 Å². The van der Waals surface area contributed by atoms with Crippen LogP contribution < -0.4 is 10.2 Å². The van der Waals surface area contributed by atoms with Crippen molar-refractivity contribution in [1.29, 1.82) is 0 Å². The van der Waals surface area contributed by atoms with E-state index in [1.54, 1.807) is 12.1 Å². The topological polar surface area (TPSA) is 82.1 Å². The summed E-state index contributed by atoms with van der Waals surface area (Å²) in [7, 11) is 0. The molecule has 170 valence electrons. The van der Waals surface area contributed by atoms with Gasteiger partial charge in [0.2, 0.25) is 5.91 Å². The molecule has 2 heterocycles. The van der Waals surface area contributed by atoms with Crippen LogP contribution in [0.5, 0.6) is 0 Å². The van der Waals surface area contributed by atoms with Gasteiger partial charge in [0.15, 0.2) is 0 Å². The highest BCUT2D eigenvalue weighted by Gasteiger charge is 2.34. The van der Waals surface area contributed by atoms with Crippen LogP contribution in [0.3, 0.4) is 0 Å². The van der Waals surface area contributed by atoms with Gasteiger partial charge in [-0.1, -0.05) is 36.4 Å². The fourth-order valence-corrected chi connectivity index (χ4v) is 4.46. The van der Waals surface area contributed by atoms with Crippen LogP contribution in [-0.4, -0.2) is 72.9 Å². The molecule has 0 unspecified atom stereocenters. The molecule has 0 aromatic heterocycles. The summed E-state index contributed by atoms with van der Waals surface area (Å²) in [6, 6.07) is 19.0. The number of para-hydroxylation sites is 1. The van der Waals surface area contributed by atoms with Crippen LogP contribution in [0.2, 0.25) is 0 Å². The lowest BCUT2D eigenvalue weighted by Gasteiger charge is -2.39. The summed E-state index contributed by atoms with van der Waals surface area (Å²) in [5.41, 5.74) is 1.76. The molecule has 2 aliphatic rings. The average Bonchev–Trinajstić information content (AvgIpc) is 2.86. The molecule has 2 aromatic carbocycles. The number of aliphatic hydroxyl groups is 1. The summed E-state index contributed by atoms with van der Waals surface area (Å²) in [6.07, 6.45) is 0.900. The zero-order chi connectivity index (χ0) is 22.3. The summed E-state index contributed by atoms with van der Waals surface area (Å²) < 4.78 is 6.01. The van der Waals surface area contributed by atoms with E-state index >= 15 is 0 Å². The van der Waals surface area contributed by atoms with Crippen LogP contribution in [0.15, 0.2) is 60.7 Å². The Morgan fingerprint density at radius 2 is 1.59 bits per heavy atom. The molecule has 7 heteroatoms. The third kappa shape index (κ3) is 5.47. The van der Waals surface area contributed by atoms with Gasteiger partial charge in [-0.05, 0) is 37.1 Å². The predicted molar refractivity (Wildman–Crippen MR) is 123 cm³/mol. The van der Waals surface area contributed by atoms with Crippen LogP contribution in [0, 0.1) is 0 Å². The number of benzene rings is 2. The van der Waals surface area contributed by atoms with Crippen molar-refractivity contribution in [3.63, 3.8) is 0 Å². The molecule has 0 radical (unpaired) electrons. The second-order valence-electron chi connectivity index (χ2n) is 8.41. The first-order valence-electron chi connectivity index (χ1n) is 11.3. The number of aliphatic hydroxyl groups excluding tert-OH is 1. The minimum Gasteiger partial charge on any atom is -0.394 e. The molecule has 0 saturated carbocycles. The molecule has 7 nitrogen and oxygen atoms in total. The van der Waals surface area contributed by atoms with Crippen LogP contribution in [-0.2, 0) is 9.53 Å². The van der Waals surface area contributed by atoms with Crippen molar-refractivity contribution in [2.45, 2.75) is 37.5 Å². The Kier molecular flexibility index (Phi) is 7.39. The zero-order valence-electron chi connectivity index (χ0n) is 18.2. The zero-order valence-corrected chi connectivity index (χ0v) is 18.2. The summed E-state index contributed by atoms with van der Waals surface area (Å²) in [5.74, 6) is -0.0883. The number of anilines is 1. The first-order valence-corrected chi connectivity index (χ1v) is 11.3. The number of nitrogens with zero attached hydrogens (tertiary/aromatic N) is 2. The lowest BCUT2D eigenvalue weighted by Crippen LogP contribution is -2.52. The Morgan fingerprint density at radius 3 is 2.25 bits per heavy atom. The van der Waals surface area contributed by atoms with Crippen molar-refractivity contribution in [3.8, 4) is 0 Å². The highest BCUT2D eigenvalue weighted by Crippen LogP contribution is 2.24. The number of hydrogen-bond donors (Lipinski definition) is 2. The van der Waals surface area contributed by atoms with Gasteiger partial charge in [0.05, 0.1) is 25.2 Å². The Balaban J connectivity index is 1.25. The number of amides is 2. The van der Waals surface area contributed by atoms with Gasteiger partial charge in [0.1, 0.15) is 6.10 Å². The summed E-state index contributed by atoms with van der Waals surface area (Å²) in [4.78, 5) is 29.5. The molecule has 0 bridgehead atoms. The van der Waals surface area contributed by atoms with E-state index in [0.717, 1.165) is 13.1 Å². The van der Waals surface area contributed by atoms with Gasteiger partial charge in [-0.3, -0.25) is 9.59 Å². The molecule has 32 heavy (non-hydrogen) atoms. The van der Waals surface area contributed by atoms with E-state index in [9.17, 15) is 14.7 Å². The largest absolute Gasteiger partial charge is 0.394 e. The molecular weight excluding hydrogens is 406 g/mol. The average molecular weight is 438 g/mol. The van der Waals surface area contributed by atoms with Gasteiger partial charge in [0, 0.05) is 37.4 Å². The van der Waals surface area contributed by atoms with E-state index in [0.29, 0.717) is 37.9 Å². The van der Waals surface area contributed by atoms with E-state index in [4.69, 9.17) is 4.74 Å². The molecule has 4 rings (SSSR count). The second-order valence-corrected chi connectivity index (χ2v) is 8.41. The van der Waals surface area contributed by atoms with E-state index < -0.39 is 6.10 Å². The maximum Gasteiger partial charge on any atom is 0.251 e. The smallest absolute Gasteiger partial charge is 0.251 e. The lowest BCUT2D eigenvalue weighted by molar-refractivity contribution is -0.140. The molecule has 2 saturated heterocycles. The van der Waals surface area contributed by atoms with E-state index in [2.05, 4.69) is 22.3 Å². The Labute approximate surface area is 189 Å². The van der Waals surface area contributed by atoms with Crippen molar-refractivity contribution >= 4 is 17.5 Å². The lowest BCUT2D eigenvalue weighted by atomic mass is 9.96.